The van der Waals surface area contributed by atoms with Gasteiger partial charge in [0.15, 0.2) is 0 Å². The van der Waals surface area contributed by atoms with Crippen LogP contribution in [0.2, 0.25) is 0 Å². The van der Waals surface area contributed by atoms with Crippen LogP contribution in [0.4, 0.5) is 17.6 Å². The van der Waals surface area contributed by atoms with Crippen molar-refractivity contribution >= 4 is 15.9 Å². The zero-order valence-electron chi connectivity index (χ0n) is 10.2. The van der Waals surface area contributed by atoms with Crippen LogP contribution in [0.5, 0.6) is 0 Å². The fourth-order valence-electron chi connectivity index (χ4n) is 2.33. The predicted octanol–water partition coefficient (Wildman–Crippen LogP) is 4.36. The van der Waals surface area contributed by atoms with Crippen LogP contribution >= 0.6 is 15.9 Å². The van der Waals surface area contributed by atoms with E-state index in [1.54, 1.807) is 12.1 Å². The minimum atomic E-state index is -4.09. The molecule has 0 amide bonds. The largest absolute Gasteiger partial charge is 0.391 e. The van der Waals surface area contributed by atoms with E-state index in [2.05, 4.69) is 15.9 Å². The highest BCUT2D eigenvalue weighted by Gasteiger charge is 2.40. The molecular weight excluding hydrogens is 326 g/mol. The van der Waals surface area contributed by atoms with Crippen LogP contribution in [0.15, 0.2) is 22.7 Å². The third-order valence-corrected chi connectivity index (χ3v) is 4.36. The van der Waals surface area contributed by atoms with Gasteiger partial charge in [-0.15, -0.1) is 0 Å². The molecule has 0 bridgehead atoms. The average molecular weight is 340 g/mol. The number of benzene rings is 1. The smallest absolute Gasteiger partial charge is 0.299 e. The molecule has 1 aromatic rings. The van der Waals surface area contributed by atoms with E-state index in [4.69, 9.17) is 0 Å². The van der Waals surface area contributed by atoms with E-state index in [1.165, 1.54) is 6.07 Å². The molecular formula is C13H14BrF4N. The van der Waals surface area contributed by atoms with Gasteiger partial charge in [-0.05, 0) is 53.5 Å². The first kappa shape index (κ1) is 14.8. The predicted molar refractivity (Wildman–Crippen MR) is 68.2 cm³/mol. The first-order valence-electron chi connectivity index (χ1n) is 6.10. The van der Waals surface area contributed by atoms with Crippen molar-refractivity contribution < 1.29 is 17.6 Å². The van der Waals surface area contributed by atoms with Crippen molar-refractivity contribution in [3.8, 4) is 0 Å². The van der Waals surface area contributed by atoms with Gasteiger partial charge in [-0.3, -0.25) is 4.90 Å². The number of alkyl halides is 3. The normalized spacial score (nSPS) is 18.8. The van der Waals surface area contributed by atoms with Crippen LogP contribution in [0.25, 0.3) is 0 Å². The Morgan fingerprint density at radius 3 is 2.42 bits per heavy atom. The van der Waals surface area contributed by atoms with Crippen molar-refractivity contribution in [2.45, 2.75) is 25.6 Å². The van der Waals surface area contributed by atoms with Crippen LogP contribution in [0, 0.1) is 11.7 Å². The summed E-state index contributed by atoms with van der Waals surface area (Å²) >= 11 is 3.17. The van der Waals surface area contributed by atoms with E-state index in [1.807, 2.05) is 4.90 Å². The van der Waals surface area contributed by atoms with Gasteiger partial charge in [0, 0.05) is 6.54 Å². The summed E-state index contributed by atoms with van der Waals surface area (Å²) in [4.78, 5) is 1.93. The topological polar surface area (TPSA) is 3.24 Å². The Balaban J connectivity index is 1.94. The van der Waals surface area contributed by atoms with Crippen LogP contribution < -0.4 is 0 Å². The number of rotatable bonds is 2. The highest BCUT2D eigenvalue weighted by molar-refractivity contribution is 9.10. The standard InChI is InChI=1S/C13H14BrF4N/c14-12-9(2-1-3-11(12)15)8-19-6-4-10(5-7-19)13(16,17)18/h1-3,10H,4-8H2. The van der Waals surface area contributed by atoms with Gasteiger partial charge in [0.2, 0.25) is 0 Å². The molecule has 1 fully saturated rings. The summed E-state index contributed by atoms with van der Waals surface area (Å²) in [5.41, 5.74) is 0.769. The summed E-state index contributed by atoms with van der Waals surface area (Å²) in [5.74, 6) is -1.54. The van der Waals surface area contributed by atoms with Crippen LogP contribution in [-0.2, 0) is 6.54 Å². The summed E-state index contributed by atoms with van der Waals surface area (Å²) in [6.07, 6.45) is -3.85. The molecule has 2 rings (SSSR count). The van der Waals surface area contributed by atoms with Gasteiger partial charge in [-0.2, -0.15) is 13.2 Å². The molecule has 19 heavy (non-hydrogen) atoms. The second-order valence-corrected chi connectivity index (χ2v) is 5.60. The Kier molecular flexibility index (Phi) is 4.50. The van der Waals surface area contributed by atoms with E-state index in [-0.39, 0.29) is 18.7 Å². The van der Waals surface area contributed by atoms with E-state index in [9.17, 15) is 17.6 Å². The quantitative estimate of drug-likeness (QED) is 0.723. The summed E-state index contributed by atoms with van der Waals surface area (Å²) in [6.45, 7) is 1.27. The van der Waals surface area contributed by atoms with Crippen LogP contribution in [0.3, 0.4) is 0 Å². The van der Waals surface area contributed by atoms with E-state index >= 15 is 0 Å². The lowest BCUT2D eigenvalue weighted by molar-refractivity contribution is -0.185. The number of hydrogen-bond acceptors (Lipinski definition) is 1. The molecule has 106 valence electrons. The zero-order valence-corrected chi connectivity index (χ0v) is 11.8. The molecule has 0 saturated carbocycles. The minimum Gasteiger partial charge on any atom is -0.299 e. The van der Waals surface area contributed by atoms with E-state index in [0.29, 0.717) is 24.1 Å². The first-order chi connectivity index (χ1) is 8.88. The summed E-state index contributed by atoms with van der Waals surface area (Å²) in [5, 5.41) is 0. The molecule has 0 aromatic heterocycles. The lowest BCUT2D eigenvalue weighted by atomic mass is 9.96. The number of piperidine rings is 1. The lowest BCUT2D eigenvalue weighted by Gasteiger charge is -2.33. The van der Waals surface area contributed by atoms with Crippen molar-refractivity contribution in [2.75, 3.05) is 13.1 Å². The van der Waals surface area contributed by atoms with Gasteiger partial charge >= 0.3 is 6.18 Å². The third kappa shape index (κ3) is 3.69. The SMILES string of the molecule is Fc1cccc(CN2CCC(C(F)(F)F)CC2)c1Br. The maximum atomic E-state index is 13.3. The number of nitrogens with zero attached hydrogens (tertiary/aromatic N) is 1. The highest BCUT2D eigenvalue weighted by Crippen LogP contribution is 2.34. The third-order valence-electron chi connectivity index (χ3n) is 3.48. The van der Waals surface area contributed by atoms with Crippen molar-refractivity contribution in [3.63, 3.8) is 0 Å². The molecule has 1 aliphatic rings. The molecule has 0 unspecified atom stereocenters. The number of hydrogen-bond donors (Lipinski definition) is 0. The fourth-order valence-corrected chi connectivity index (χ4v) is 2.72. The average Bonchev–Trinajstić information content (AvgIpc) is 2.35. The van der Waals surface area contributed by atoms with Gasteiger partial charge in [-0.1, -0.05) is 12.1 Å². The molecule has 0 spiro atoms. The van der Waals surface area contributed by atoms with Gasteiger partial charge < -0.3 is 0 Å². The van der Waals surface area contributed by atoms with E-state index in [0.717, 1.165) is 5.56 Å². The Morgan fingerprint density at radius 1 is 1.21 bits per heavy atom. The molecule has 0 atom stereocenters. The molecule has 1 aromatic carbocycles. The van der Waals surface area contributed by atoms with Crippen molar-refractivity contribution in [1.82, 2.24) is 4.90 Å². The van der Waals surface area contributed by atoms with Gasteiger partial charge in [0.25, 0.3) is 0 Å². The maximum absolute atomic E-state index is 13.3. The molecule has 1 aliphatic heterocycles. The van der Waals surface area contributed by atoms with Crippen LogP contribution in [0.1, 0.15) is 18.4 Å². The molecule has 0 aliphatic carbocycles. The molecule has 6 heteroatoms. The summed E-state index contributed by atoms with van der Waals surface area (Å²) in [6, 6.07) is 4.74. The molecule has 0 N–H and O–H groups in total. The minimum absolute atomic E-state index is 0.121. The Bertz CT molecular complexity index is 439. The van der Waals surface area contributed by atoms with Crippen molar-refractivity contribution in [3.05, 3.63) is 34.1 Å². The van der Waals surface area contributed by atoms with Crippen molar-refractivity contribution in [1.29, 1.82) is 0 Å². The second kappa shape index (κ2) is 5.79. The monoisotopic (exact) mass is 339 g/mol. The number of halogens is 5. The summed E-state index contributed by atoms with van der Waals surface area (Å²) < 4.78 is 51.3. The van der Waals surface area contributed by atoms with Gasteiger partial charge in [-0.25, -0.2) is 4.39 Å². The van der Waals surface area contributed by atoms with Crippen LogP contribution in [-0.4, -0.2) is 24.2 Å². The van der Waals surface area contributed by atoms with Gasteiger partial charge in [0.1, 0.15) is 5.82 Å². The number of likely N-dealkylation sites (tertiary alicyclic amines) is 1. The highest BCUT2D eigenvalue weighted by atomic mass is 79.9. The Labute approximate surface area is 117 Å². The maximum Gasteiger partial charge on any atom is 0.391 e. The zero-order chi connectivity index (χ0) is 14.0. The fraction of sp³-hybridized carbons (Fsp3) is 0.538. The lowest BCUT2D eigenvalue weighted by Crippen LogP contribution is -2.38. The molecule has 1 nitrogen and oxygen atoms in total. The Hall–Kier alpha value is -0.620. The van der Waals surface area contributed by atoms with Crippen molar-refractivity contribution in [2.24, 2.45) is 5.92 Å². The van der Waals surface area contributed by atoms with E-state index < -0.39 is 12.1 Å². The molecule has 0 radical (unpaired) electrons. The second-order valence-electron chi connectivity index (χ2n) is 4.80. The van der Waals surface area contributed by atoms with Gasteiger partial charge in [0.05, 0.1) is 10.4 Å². The molecule has 1 heterocycles. The summed E-state index contributed by atoms with van der Waals surface area (Å²) in [7, 11) is 0. The Morgan fingerprint density at radius 2 is 1.84 bits per heavy atom. The molecule has 1 saturated heterocycles. The first-order valence-corrected chi connectivity index (χ1v) is 6.89.